The highest BCUT2D eigenvalue weighted by atomic mass is 32.1. The third-order valence-corrected chi connectivity index (χ3v) is 3.71. The Morgan fingerprint density at radius 2 is 1.95 bits per heavy atom. The second-order valence-electron chi connectivity index (χ2n) is 5.48. The minimum absolute atomic E-state index is 0.0505. The summed E-state index contributed by atoms with van der Waals surface area (Å²) in [6.45, 7) is 9.64. The third kappa shape index (κ3) is 5.85. The molecule has 5 nitrogen and oxygen atoms in total. The van der Waals surface area contributed by atoms with Gasteiger partial charge in [-0.2, -0.15) is 0 Å². The predicted octanol–water partition coefficient (Wildman–Crippen LogP) is 3.24. The normalized spacial score (nSPS) is 11.3. The first-order chi connectivity index (χ1) is 9.76. The van der Waals surface area contributed by atoms with Crippen molar-refractivity contribution in [2.75, 3.05) is 18.5 Å². The monoisotopic (exact) mass is 313 g/mol. The maximum Gasteiger partial charge on any atom is 0.341 e. The molecule has 1 aromatic heterocycles. The van der Waals surface area contributed by atoms with Crippen molar-refractivity contribution in [2.45, 2.75) is 46.6 Å². The van der Waals surface area contributed by atoms with E-state index in [9.17, 15) is 9.59 Å². The number of carbonyl (C=O) groups is 2. The van der Waals surface area contributed by atoms with Crippen LogP contribution in [0.5, 0.6) is 0 Å². The molecular formula is C15H23NO4S. The van der Waals surface area contributed by atoms with Crippen molar-refractivity contribution in [1.29, 1.82) is 0 Å². The quantitative estimate of drug-likeness (QED) is 0.819. The molecule has 21 heavy (non-hydrogen) atoms. The third-order valence-electron chi connectivity index (χ3n) is 2.52. The second-order valence-corrected chi connectivity index (χ2v) is 6.62. The summed E-state index contributed by atoms with van der Waals surface area (Å²) in [7, 11) is 0. The van der Waals surface area contributed by atoms with E-state index >= 15 is 0 Å². The molecule has 0 aliphatic rings. The lowest BCUT2D eigenvalue weighted by molar-refractivity contribution is -0.125. The first-order valence-corrected chi connectivity index (χ1v) is 7.82. The van der Waals surface area contributed by atoms with Crippen LogP contribution >= 0.6 is 11.3 Å². The number of esters is 1. The summed E-state index contributed by atoms with van der Waals surface area (Å²) in [5.41, 5.74) is 0.0218. The largest absolute Gasteiger partial charge is 0.462 e. The smallest absolute Gasteiger partial charge is 0.341 e. The Labute approximate surface area is 129 Å². The summed E-state index contributed by atoms with van der Waals surface area (Å²) in [5.74, 6) is -0.694. The molecule has 1 amide bonds. The Kier molecular flexibility index (Phi) is 6.36. The average Bonchev–Trinajstić information content (AvgIpc) is 2.79. The van der Waals surface area contributed by atoms with Gasteiger partial charge in [-0.3, -0.25) is 4.79 Å². The molecule has 0 fully saturated rings. The van der Waals surface area contributed by atoms with Crippen molar-refractivity contribution < 1.29 is 19.1 Å². The summed E-state index contributed by atoms with van der Waals surface area (Å²) < 4.78 is 10.4. The minimum atomic E-state index is -0.416. The Morgan fingerprint density at radius 1 is 1.29 bits per heavy atom. The van der Waals surface area contributed by atoms with Crippen LogP contribution in [0.25, 0.3) is 0 Å². The number of carbonyl (C=O) groups excluding carboxylic acids is 2. The molecule has 0 aromatic carbocycles. The van der Waals surface area contributed by atoms with Crippen LogP contribution in [-0.2, 0) is 20.7 Å². The molecule has 118 valence electrons. The van der Waals surface area contributed by atoms with Crippen molar-refractivity contribution in [3.05, 3.63) is 16.5 Å². The van der Waals surface area contributed by atoms with Gasteiger partial charge >= 0.3 is 5.97 Å². The van der Waals surface area contributed by atoms with E-state index in [0.29, 0.717) is 17.2 Å². The lowest BCUT2D eigenvalue weighted by atomic mass is 10.2. The summed E-state index contributed by atoms with van der Waals surface area (Å²) >= 11 is 1.39. The minimum Gasteiger partial charge on any atom is -0.462 e. The van der Waals surface area contributed by atoms with E-state index < -0.39 is 5.97 Å². The molecular weight excluding hydrogens is 290 g/mol. The average molecular weight is 313 g/mol. The first-order valence-electron chi connectivity index (χ1n) is 7.00. The van der Waals surface area contributed by atoms with Crippen LogP contribution in [0.15, 0.2) is 6.07 Å². The number of hydrogen-bond donors (Lipinski definition) is 1. The van der Waals surface area contributed by atoms with E-state index in [4.69, 9.17) is 9.47 Å². The highest BCUT2D eigenvalue weighted by molar-refractivity contribution is 7.16. The van der Waals surface area contributed by atoms with Crippen molar-refractivity contribution in [1.82, 2.24) is 0 Å². The van der Waals surface area contributed by atoms with Gasteiger partial charge in [0.25, 0.3) is 5.91 Å². The standard InChI is InChI=1S/C15H23NO4S/c1-6-10-8-11(14(18)19-7-2)13(21-10)16-12(17)9-20-15(3,4)5/h8H,6-7,9H2,1-5H3,(H,16,17). The Hall–Kier alpha value is -1.40. The molecule has 0 bridgehead atoms. The van der Waals surface area contributed by atoms with Crippen molar-refractivity contribution in [2.24, 2.45) is 0 Å². The van der Waals surface area contributed by atoms with Crippen molar-refractivity contribution in [3.63, 3.8) is 0 Å². The molecule has 0 saturated carbocycles. The van der Waals surface area contributed by atoms with Gasteiger partial charge in [-0.1, -0.05) is 6.92 Å². The van der Waals surface area contributed by atoms with Crippen molar-refractivity contribution >= 4 is 28.2 Å². The number of ether oxygens (including phenoxy) is 2. The molecule has 0 spiro atoms. The zero-order chi connectivity index (χ0) is 16.0. The van der Waals surface area contributed by atoms with Crippen LogP contribution in [0.4, 0.5) is 5.00 Å². The summed E-state index contributed by atoms with van der Waals surface area (Å²) in [6.07, 6.45) is 0.797. The molecule has 0 aliphatic carbocycles. The van der Waals surface area contributed by atoms with Gasteiger partial charge in [0.1, 0.15) is 11.6 Å². The van der Waals surface area contributed by atoms with Gasteiger partial charge in [-0.25, -0.2) is 4.79 Å². The molecule has 1 N–H and O–H groups in total. The Balaban J connectivity index is 2.79. The number of anilines is 1. The van der Waals surface area contributed by atoms with Crippen LogP contribution in [0.1, 0.15) is 49.9 Å². The van der Waals surface area contributed by atoms with Gasteiger partial charge in [0.15, 0.2) is 0 Å². The fourth-order valence-corrected chi connectivity index (χ4v) is 2.51. The van der Waals surface area contributed by atoms with Crippen LogP contribution in [0, 0.1) is 0 Å². The first kappa shape index (κ1) is 17.7. The van der Waals surface area contributed by atoms with Gasteiger partial charge in [0.2, 0.25) is 0 Å². The van der Waals surface area contributed by atoms with Gasteiger partial charge in [0.05, 0.1) is 17.8 Å². The molecule has 1 aromatic rings. The highest BCUT2D eigenvalue weighted by Gasteiger charge is 2.19. The predicted molar refractivity (Wildman–Crippen MR) is 84.0 cm³/mol. The van der Waals surface area contributed by atoms with Crippen LogP contribution < -0.4 is 5.32 Å². The summed E-state index contributed by atoms with van der Waals surface area (Å²) in [4.78, 5) is 24.8. The zero-order valence-corrected chi connectivity index (χ0v) is 14.1. The van der Waals surface area contributed by atoms with Gasteiger partial charge in [-0.15, -0.1) is 11.3 Å². The molecule has 0 radical (unpaired) electrons. The van der Waals surface area contributed by atoms with E-state index in [2.05, 4.69) is 5.32 Å². The Morgan fingerprint density at radius 3 is 2.48 bits per heavy atom. The lowest BCUT2D eigenvalue weighted by Crippen LogP contribution is -2.27. The van der Waals surface area contributed by atoms with Crippen LogP contribution in [-0.4, -0.2) is 30.7 Å². The molecule has 1 heterocycles. The van der Waals surface area contributed by atoms with E-state index in [1.54, 1.807) is 13.0 Å². The Bertz CT molecular complexity index is 502. The number of hydrogen-bond acceptors (Lipinski definition) is 5. The van der Waals surface area contributed by atoms with Gasteiger partial charge in [0, 0.05) is 4.88 Å². The number of amides is 1. The van der Waals surface area contributed by atoms with E-state index in [0.717, 1.165) is 11.3 Å². The maximum absolute atomic E-state index is 11.9. The fraction of sp³-hybridized carbons (Fsp3) is 0.600. The molecule has 6 heteroatoms. The van der Waals surface area contributed by atoms with E-state index in [-0.39, 0.29) is 18.1 Å². The fourth-order valence-electron chi connectivity index (χ4n) is 1.51. The summed E-state index contributed by atoms with van der Waals surface area (Å²) in [6, 6.07) is 1.77. The number of nitrogens with one attached hydrogen (secondary N) is 1. The SMILES string of the molecule is CCOC(=O)c1cc(CC)sc1NC(=O)COC(C)(C)C. The molecule has 0 atom stereocenters. The molecule has 1 rings (SSSR count). The number of thiophene rings is 1. The van der Waals surface area contributed by atoms with E-state index in [1.807, 2.05) is 27.7 Å². The maximum atomic E-state index is 11.9. The summed E-state index contributed by atoms with van der Waals surface area (Å²) in [5, 5.41) is 3.25. The molecule has 0 aliphatic heterocycles. The zero-order valence-electron chi connectivity index (χ0n) is 13.2. The molecule has 0 unspecified atom stereocenters. The number of rotatable bonds is 6. The van der Waals surface area contributed by atoms with Gasteiger partial charge in [-0.05, 0) is 40.2 Å². The second kappa shape index (κ2) is 7.56. The highest BCUT2D eigenvalue weighted by Crippen LogP contribution is 2.29. The van der Waals surface area contributed by atoms with Crippen LogP contribution in [0.3, 0.4) is 0 Å². The van der Waals surface area contributed by atoms with E-state index in [1.165, 1.54) is 11.3 Å². The van der Waals surface area contributed by atoms with Gasteiger partial charge < -0.3 is 14.8 Å². The van der Waals surface area contributed by atoms with Crippen LogP contribution in [0.2, 0.25) is 0 Å². The topological polar surface area (TPSA) is 64.6 Å². The lowest BCUT2D eigenvalue weighted by Gasteiger charge is -2.18. The molecule has 0 saturated heterocycles. The van der Waals surface area contributed by atoms with Crippen molar-refractivity contribution in [3.8, 4) is 0 Å². The number of aryl methyl sites for hydroxylation is 1.